The summed E-state index contributed by atoms with van der Waals surface area (Å²) in [5, 5.41) is 12.3. The van der Waals surface area contributed by atoms with Gasteiger partial charge in [-0.15, -0.1) is 0 Å². The zero-order valence-electron chi connectivity index (χ0n) is 15.4. The minimum Gasteiger partial charge on any atom is -0.304 e. The van der Waals surface area contributed by atoms with Crippen molar-refractivity contribution >= 4 is 11.3 Å². The second-order valence-electron chi connectivity index (χ2n) is 7.63. The van der Waals surface area contributed by atoms with Crippen LogP contribution in [0.5, 0.6) is 0 Å². The Morgan fingerprint density at radius 2 is 2.00 bits per heavy atom. The molecule has 0 saturated carbocycles. The van der Waals surface area contributed by atoms with Gasteiger partial charge >= 0.3 is 0 Å². The lowest BCUT2D eigenvalue weighted by Gasteiger charge is -2.32. The molecule has 5 rings (SSSR count). The standard InChI is InChI=1S/C21H24N4S/c1-14-9-15(12-25-6-4-24(2)5-7-25)10-18-17(14)11-19-20(22-23-21(18)19)16-3-8-26-13-16/h3,8-10,13H,4-7,11-12H2,1-2H3,(H,22,23). The highest BCUT2D eigenvalue weighted by atomic mass is 32.1. The summed E-state index contributed by atoms with van der Waals surface area (Å²) in [6.07, 6.45) is 0.993. The smallest absolute Gasteiger partial charge is 0.0970 e. The van der Waals surface area contributed by atoms with E-state index in [1.165, 1.54) is 52.2 Å². The molecule has 0 bridgehead atoms. The van der Waals surface area contributed by atoms with Crippen molar-refractivity contribution in [3.05, 3.63) is 51.2 Å². The lowest BCUT2D eigenvalue weighted by atomic mass is 9.99. The van der Waals surface area contributed by atoms with E-state index in [2.05, 4.69) is 62.9 Å². The van der Waals surface area contributed by atoms with Crippen molar-refractivity contribution in [2.24, 2.45) is 0 Å². The highest BCUT2D eigenvalue weighted by molar-refractivity contribution is 7.08. The van der Waals surface area contributed by atoms with E-state index < -0.39 is 0 Å². The van der Waals surface area contributed by atoms with Gasteiger partial charge in [0.2, 0.25) is 0 Å². The van der Waals surface area contributed by atoms with Crippen LogP contribution in [0.15, 0.2) is 29.0 Å². The Labute approximate surface area is 158 Å². The van der Waals surface area contributed by atoms with Crippen LogP contribution in [0.25, 0.3) is 22.5 Å². The van der Waals surface area contributed by atoms with Crippen LogP contribution in [0, 0.1) is 6.92 Å². The van der Waals surface area contributed by atoms with Gasteiger partial charge in [-0.3, -0.25) is 10.00 Å². The van der Waals surface area contributed by atoms with Crippen LogP contribution in [0.4, 0.5) is 0 Å². The van der Waals surface area contributed by atoms with Crippen LogP contribution in [-0.4, -0.2) is 53.2 Å². The van der Waals surface area contributed by atoms with Crippen LogP contribution >= 0.6 is 11.3 Å². The number of benzene rings is 1. The molecule has 0 radical (unpaired) electrons. The summed E-state index contributed by atoms with van der Waals surface area (Å²) in [4.78, 5) is 4.98. The predicted octanol–water partition coefficient (Wildman–Crippen LogP) is 3.77. The Balaban J connectivity index is 1.47. The summed E-state index contributed by atoms with van der Waals surface area (Å²) >= 11 is 1.73. The van der Waals surface area contributed by atoms with E-state index >= 15 is 0 Å². The molecule has 5 heteroatoms. The van der Waals surface area contributed by atoms with Gasteiger partial charge in [-0.1, -0.05) is 6.07 Å². The van der Waals surface area contributed by atoms with E-state index in [9.17, 15) is 0 Å². The Kier molecular flexibility index (Phi) is 3.96. The third-order valence-corrected chi connectivity index (χ3v) is 6.50. The summed E-state index contributed by atoms with van der Waals surface area (Å²) in [6, 6.07) is 6.94. The maximum atomic E-state index is 4.63. The zero-order chi connectivity index (χ0) is 17.7. The van der Waals surface area contributed by atoms with Gasteiger partial charge < -0.3 is 4.90 Å². The highest BCUT2D eigenvalue weighted by Crippen LogP contribution is 2.42. The van der Waals surface area contributed by atoms with Crippen molar-refractivity contribution in [1.82, 2.24) is 20.0 Å². The van der Waals surface area contributed by atoms with Crippen LogP contribution in [0.1, 0.15) is 22.3 Å². The predicted molar refractivity (Wildman–Crippen MR) is 108 cm³/mol. The summed E-state index contributed by atoms with van der Waals surface area (Å²) in [7, 11) is 2.21. The number of rotatable bonds is 3. The van der Waals surface area contributed by atoms with Gasteiger partial charge in [0.15, 0.2) is 0 Å². The number of aromatic amines is 1. The van der Waals surface area contributed by atoms with E-state index in [-0.39, 0.29) is 0 Å². The molecule has 1 fully saturated rings. The molecule has 2 aromatic heterocycles. The van der Waals surface area contributed by atoms with Crippen molar-refractivity contribution in [3.8, 4) is 22.5 Å². The first kappa shape index (κ1) is 16.2. The number of nitrogens with zero attached hydrogens (tertiary/aromatic N) is 3. The van der Waals surface area contributed by atoms with E-state index in [0.29, 0.717) is 0 Å². The second kappa shape index (κ2) is 6.34. The lowest BCUT2D eigenvalue weighted by Crippen LogP contribution is -2.43. The molecule has 0 unspecified atom stereocenters. The van der Waals surface area contributed by atoms with Gasteiger partial charge in [0, 0.05) is 61.2 Å². The number of piperazine rings is 1. The van der Waals surface area contributed by atoms with Crippen LogP contribution in [0.3, 0.4) is 0 Å². The number of likely N-dealkylation sites (N-methyl/N-ethyl adjacent to an activating group) is 1. The number of nitrogens with one attached hydrogen (secondary N) is 1. The van der Waals surface area contributed by atoms with E-state index in [1.54, 1.807) is 11.3 Å². The van der Waals surface area contributed by atoms with Gasteiger partial charge in [0.25, 0.3) is 0 Å². The molecule has 0 amide bonds. The number of hydrogen-bond donors (Lipinski definition) is 1. The maximum absolute atomic E-state index is 4.63. The molecule has 1 saturated heterocycles. The highest BCUT2D eigenvalue weighted by Gasteiger charge is 2.27. The fourth-order valence-corrected chi connectivity index (χ4v) is 4.92. The van der Waals surface area contributed by atoms with Gasteiger partial charge in [-0.2, -0.15) is 16.4 Å². The molecule has 3 aromatic rings. The monoisotopic (exact) mass is 364 g/mol. The van der Waals surface area contributed by atoms with Gasteiger partial charge in [-0.25, -0.2) is 0 Å². The first-order valence-electron chi connectivity index (χ1n) is 9.32. The SMILES string of the molecule is Cc1cc(CN2CCN(C)CC2)cc2c1Cc1c(-c3ccsc3)n[nH]c1-2. The summed E-state index contributed by atoms with van der Waals surface area (Å²) in [5.41, 5.74) is 10.6. The van der Waals surface area contributed by atoms with E-state index in [4.69, 9.17) is 0 Å². The molecule has 1 aliphatic heterocycles. The molecule has 3 heterocycles. The fourth-order valence-electron chi connectivity index (χ4n) is 4.28. The number of aryl methyl sites for hydroxylation is 1. The Morgan fingerprint density at radius 3 is 2.77 bits per heavy atom. The second-order valence-corrected chi connectivity index (χ2v) is 8.41. The van der Waals surface area contributed by atoms with Gasteiger partial charge in [0.1, 0.15) is 0 Å². The molecular weight excluding hydrogens is 340 g/mol. The maximum Gasteiger partial charge on any atom is 0.0970 e. The molecule has 0 spiro atoms. The van der Waals surface area contributed by atoms with Crippen molar-refractivity contribution < 1.29 is 0 Å². The van der Waals surface area contributed by atoms with E-state index in [1.807, 2.05) is 0 Å². The normalized spacial score (nSPS) is 17.5. The van der Waals surface area contributed by atoms with E-state index in [0.717, 1.165) is 31.7 Å². The summed E-state index contributed by atoms with van der Waals surface area (Å²) in [5.74, 6) is 0. The Hall–Kier alpha value is -1.95. The average molecular weight is 365 g/mol. The molecule has 4 nitrogen and oxygen atoms in total. The number of H-pyrrole nitrogens is 1. The Bertz CT molecular complexity index is 933. The quantitative estimate of drug-likeness (QED) is 0.601. The van der Waals surface area contributed by atoms with Crippen molar-refractivity contribution in [3.63, 3.8) is 0 Å². The molecule has 1 aromatic carbocycles. The van der Waals surface area contributed by atoms with Gasteiger partial charge in [-0.05, 0) is 48.2 Å². The van der Waals surface area contributed by atoms with Crippen LogP contribution in [0.2, 0.25) is 0 Å². The zero-order valence-corrected chi connectivity index (χ0v) is 16.2. The first-order valence-corrected chi connectivity index (χ1v) is 10.3. The van der Waals surface area contributed by atoms with Crippen molar-refractivity contribution in [2.75, 3.05) is 33.2 Å². The topological polar surface area (TPSA) is 35.2 Å². The molecule has 134 valence electrons. The molecule has 2 aliphatic rings. The van der Waals surface area contributed by atoms with Crippen molar-refractivity contribution in [2.45, 2.75) is 19.9 Å². The Morgan fingerprint density at radius 1 is 1.15 bits per heavy atom. The summed E-state index contributed by atoms with van der Waals surface area (Å²) in [6.45, 7) is 7.95. The minimum atomic E-state index is 0.993. The lowest BCUT2D eigenvalue weighted by molar-refractivity contribution is 0.148. The fraction of sp³-hybridized carbons (Fsp3) is 0.381. The average Bonchev–Trinajstić information content (AvgIpc) is 3.34. The molecule has 1 aliphatic carbocycles. The first-order chi connectivity index (χ1) is 12.7. The summed E-state index contributed by atoms with van der Waals surface area (Å²) < 4.78 is 0. The third-order valence-electron chi connectivity index (χ3n) is 5.82. The van der Waals surface area contributed by atoms with Crippen LogP contribution < -0.4 is 0 Å². The number of fused-ring (bicyclic) bond motifs is 3. The number of hydrogen-bond acceptors (Lipinski definition) is 4. The number of aromatic nitrogens is 2. The third kappa shape index (κ3) is 2.71. The largest absolute Gasteiger partial charge is 0.304 e. The van der Waals surface area contributed by atoms with Gasteiger partial charge in [0.05, 0.1) is 11.4 Å². The molecule has 0 atom stereocenters. The molecule has 1 N–H and O–H groups in total. The minimum absolute atomic E-state index is 0.993. The number of thiophene rings is 1. The van der Waals surface area contributed by atoms with Crippen LogP contribution in [-0.2, 0) is 13.0 Å². The molecular formula is C21H24N4S. The molecule has 26 heavy (non-hydrogen) atoms. The van der Waals surface area contributed by atoms with Crippen molar-refractivity contribution in [1.29, 1.82) is 0 Å².